The summed E-state index contributed by atoms with van der Waals surface area (Å²) in [6.07, 6.45) is 3.51. The van der Waals surface area contributed by atoms with Crippen molar-refractivity contribution < 1.29 is 14.3 Å². The largest absolute Gasteiger partial charge is 0.378 e. The normalized spacial score (nSPS) is 20.1. The van der Waals surface area contributed by atoms with Crippen molar-refractivity contribution in [3.63, 3.8) is 0 Å². The first kappa shape index (κ1) is 18.6. The van der Waals surface area contributed by atoms with Crippen molar-refractivity contribution in [1.29, 1.82) is 0 Å². The zero-order valence-electron chi connectivity index (χ0n) is 15.9. The number of carbonyl (C=O) groups is 2. The Morgan fingerprint density at radius 3 is 2.57 bits per heavy atom. The van der Waals surface area contributed by atoms with Crippen molar-refractivity contribution in [3.05, 3.63) is 59.8 Å². The molecule has 0 radical (unpaired) electrons. The van der Waals surface area contributed by atoms with Gasteiger partial charge in [0.1, 0.15) is 5.82 Å². The van der Waals surface area contributed by atoms with Crippen LogP contribution in [0.25, 0.3) is 0 Å². The molecule has 0 bridgehead atoms. The van der Waals surface area contributed by atoms with Gasteiger partial charge in [-0.15, -0.1) is 0 Å². The fourth-order valence-electron chi connectivity index (χ4n) is 3.91. The molecule has 2 fully saturated rings. The van der Waals surface area contributed by atoms with E-state index in [-0.39, 0.29) is 17.6 Å². The molecule has 0 saturated carbocycles. The minimum Gasteiger partial charge on any atom is -0.378 e. The summed E-state index contributed by atoms with van der Waals surface area (Å²) in [5.74, 6) is 0.924. The number of benzene rings is 1. The fraction of sp³-hybridized carbons (Fsp3) is 0.409. The first-order valence-corrected chi connectivity index (χ1v) is 9.89. The van der Waals surface area contributed by atoms with Gasteiger partial charge in [-0.2, -0.15) is 0 Å². The van der Waals surface area contributed by atoms with E-state index in [1.807, 2.05) is 41.3 Å². The average molecular weight is 379 g/mol. The molecule has 1 aromatic heterocycles. The Bertz CT molecular complexity index is 834. The zero-order chi connectivity index (χ0) is 19.3. The highest BCUT2D eigenvalue weighted by Crippen LogP contribution is 2.25. The topological polar surface area (TPSA) is 62.7 Å². The number of rotatable bonds is 4. The van der Waals surface area contributed by atoms with Crippen LogP contribution in [0.4, 0.5) is 5.82 Å². The van der Waals surface area contributed by atoms with E-state index in [1.54, 1.807) is 12.3 Å². The highest BCUT2D eigenvalue weighted by Gasteiger charge is 2.28. The third-order valence-electron chi connectivity index (χ3n) is 5.47. The Morgan fingerprint density at radius 1 is 1.00 bits per heavy atom. The number of aromatic nitrogens is 1. The molecule has 28 heavy (non-hydrogen) atoms. The number of morpholine rings is 1. The van der Waals surface area contributed by atoms with E-state index < -0.39 is 0 Å². The number of nitrogens with zero attached hydrogens (tertiary/aromatic N) is 3. The maximum atomic E-state index is 12.8. The van der Waals surface area contributed by atoms with Crippen LogP contribution < -0.4 is 4.90 Å². The standard InChI is InChI=1S/C22H25N3O3/c26-21(17-5-2-1-3-6-17)19-7-4-10-25(16-19)20-15-18(8-9-23-20)22(27)24-11-13-28-14-12-24/h1-3,5-6,8-9,15,19H,4,7,10-14,16H2. The van der Waals surface area contributed by atoms with Gasteiger partial charge >= 0.3 is 0 Å². The van der Waals surface area contributed by atoms with Gasteiger partial charge in [-0.25, -0.2) is 4.98 Å². The molecule has 3 heterocycles. The van der Waals surface area contributed by atoms with E-state index in [0.29, 0.717) is 38.4 Å². The number of piperidine rings is 1. The summed E-state index contributed by atoms with van der Waals surface area (Å²) < 4.78 is 5.33. The van der Waals surface area contributed by atoms with Crippen LogP contribution in [0.3, 0.4) is 0 Å². The van der Waals surface area contributed by atoms with Crippen molar-refractivity contribution in [3.8, 4) is 0 Å². The quantitative estimate of drug-likeness (QED) is 0.765. The molecule has 2 aliphatic heterocycles. The molecule has 0 aliphatic carbocycles. The summed E-state index contributed by atoms with van der Waals surface area (Å²) in [4.78, 5) is 34.0. The van der Waals surface area contributed by atoms with Crippen molar-refractivity contribution >= 4 is 17.5 Å². The van der Waals surface area contributed by atoms with Crippen LogP contribution in [0.2, 0.25) is 0 Å². The van der Waals surface area contributed by atoms with E-state index in [4.69, 9.17) is 4.74 Å². The molecule has 146 valence electrons. The maximum Gasteiger partial charge on any atom is 0.254 e. The molecule has 2 aliphatic rings. The average Bonchev–Trinajstić information content (AvgIpc) is 2.79. The SMILES string of the molecule is O=C(c1ccccc1)C1CCCN(c2cc(C(=O)N3CCOCC3)ccn2)C1. The molecule has 6 nitrogen and oxygen atoms in total. The second-order valence-corrected chi connectivity index (χ2v) is 7.32. The molecule has 1 atom stereocenters. The van der Waals surface area contributed by atoms with E-state index in [1.165, 1.54) is 0 Å². The van der Waals surface area contributed by atoms with Crippen LogP contribution in [0.1, 0.15) is 33.6 Å². The number of pyridine rings is 1. The maximum absolute atomic E-state index is 12.8. The molecule has 2 saturated heterocycles. The van der Waals surface area contributed by atoms with Gasteiger partial charge in [-0.3, -0.25) is 9.59 Å². The Morgan fingerprint density at radius 2 is 1.79 bits per heavy atom. The van der Waals surface area contributed by atoms with E-state index >= 15 is 0 Å². The van der Waals surface area contributed by atoms with Gasteiger partial charge in [0, 0.05) is 49.4 Å². The van der Waals surface area contributed by atoms with Gasteiger partial charge in [-0.05, 0) is 25.0 Å². The first-order chi connectivity index (χ1) is 13.7. The molecule has 1 unspecified atom stereocenters. The van der Waals surface area contributed by atoms with Crippen LogP contribution in [-0.2, 0) is 4.74 Å². The predicted molar refractivity (Wildman–Crippen MR) is 107 cm³/mol. The lowest BCUT2D eigenvalue weighted by Crippen LogP contribution is -2.41. The highest BCUT2D eigenvalue weighted by atomic mass is 16.5. The fourth-order valence-corrected chi connectivity index (χ4v) is 3.91. The number of carbonyl (C=O) groups excluding carboxylic acids is 2. The van der Waals surface area contributed by atoms with Crippen LogP contribution in [0, 0.1) is 5.92 Å². The number of ketones is 1. The van der Waals surface area contributed by atoms with Gasteiger partial charge in [-0.1, -0.05) is 30.3 Å². The number of amides is 1. The molecule has 2 aromatic rings. The smallest absolute Gasteiger partial charge is 0.254 e. The lowest BCUT2D eigenvalue weighted by atomic mass is 9.90. The van der Waals surface area contributed by atoms with E-state index in [2.05, 4.69) is 9.88 Å². The van der Waals surface area contributed by atoms with Gasteiger partial charge in [0.05, 0.1) is 13.2 Å². The third kappa shape index (κ3) is 4.07. The molecule has 0 N–H and O–H groups in total. The summed E-state index contributed by atoms with van der Waals surface area (Å²) in [5, 5.41) is 0. The number of Topliss-reactive ketones (excluding diaryl/α,β-unsaturated/α-hetero) is 1. The Balaban J connectivity index is 1.48. The van der Waals surface area contributed by atoms with Gasteiger partial charge < -0.3 is 14.5 Å². The Hall–Kier alpha value is -2.73. The molecular weight excluding hydrogens is 354 g/mol. The molecule has 4 rings (SSSR count). The summed E-state index contributed by atoms with van der Waals surface area (Å²) in [6.45, 7) is 3.89. The highest BCUT2D eigenvalue weighted by molar-refractivity contribution is 5.98. The predicted octanol–water partition coefficient (Wildman–Crippen LogP) is 2.65. The molecule has 6 heteroatoms. The monoisotopic (exact) mass is 379 g/mol. The number of ether oxygens (including phenoxy) is 1. The van der Waals surface area contributed by atoms with Gasteiger partial charge in [0.2, 0.25) is 0 Å². The molecule has 0 spiro atoms. The lowest BCUT2D eigenvalue weighted by molar-refractivity contribution is 0.0303. The summed E-state index contributed by atoms with van der Waals surface area (Å²) in [6, 6.07) is 13.1. The summed E-state index contributed by atoms with van der Waals surface area (Å²) in [5.41, 5.74) is 1.40. The van der Waals surface area contributed by atoms with Crippen LogP contribution in [0.15, 0.2) is 48.7 Å². The van der Waals surface area contributed by atoms with E-state index in [9.17, 15) is 9.59 Å². The summed E-state index contributed by atoms with van der Waals surface area (Å²) in [7, 11) is 0. The van der Waals surface area contributed by atoms with Crippen molar-refractivity contribution in [2.24, 2.45) is 5.92 Å². The first-order valence-electron chi connectivity index (χ1n) is 9.89. The number of hydrogen-bond acceptors (Lipinski definition) is 5. The van der Waals surface area contributed by atoms with Crippen molar-refractivity contribution in [2.45, 2.75) is 12.8 Å². The second kappa shape index (κ2) is 8.52. The molecule has 1 amide bonds. The lowest BCUT2D eigenvalue weighted by Gasteiger charge is -2.33. The zero-order valence-corrected chi connectivity index (χ0v) is 15.9. The summed E-state index contributed by atoms with van der Waals surface area (Å²) >= 11 is 0. The number of hydrogen-bond donors (Lipinski definition) is 0. The van der Waals surface area contributed by atoms with Crippen molar-refractivity contribution in [2.75, 3.05) is 44.3 Å². The Kier molecular flexibility index (Phi) is 5.67. The minimum atomic E-state index is -0.0449. The van der Waals surface area contributed by atoms with Crippen LogP contribution >= 0.6 is 0 Å². The molecular formula is C22H25N3O3. The number of anilines is 1. The second-order valence-electron chi connectivity index (χ2n) is 7.32. The van der Waals surface area contributed by atoms with Crippen molar-refractivity contribution in [1.82, 2.24) is 9.88 Å². The minimum absolute atomic E-state index is 0.0147. The van der Waals surface area contributed by atoms with Gasteiger partial charge in [0.15, 0.2) is 5.78 Å². The molecule has 1 aromatic carbocycles. The van der Waals surface area contributed by atoms with Gasteiger partial charge in [0.25, 0.3) is 5.91 Å². The van der Waals surface area contributed by atoms with Crippen LogP contribution in [-0.4, -0.2) is 61.0 Å². The van der Waals surface area contributed by atoms with Crippen LogP contribution in [0.5, 0.6) is 0 Å². The third-order valence-corrected chi connectivity index (χ3v) is 5.47. The van der Waals surface area contributed by atoms with E-state index in [0.717, 1.165) is 30.8 Å². The Labute approximate surface area is 165 Å².